The maximum Gasteiger partial charge on any atom is 0.316 e. The van der Waals surface area contributed by atoms with Crippen molar-refractivity contribution in [3.8, 4) is 11.4 Å². The Hall–Kier alpha value is -2.97. The summed E-state index contributed by atoms with van der Waals surface area (Å²) in [6.45, 7) is 3.16. The number of anilines is 1. The maximum absolute atomic E-state index is 12.3. The van der Waals surface area contributed by atoms with Crippen molar-refractivity contribution in [1.82, 2.24) is 20.4 Å². The Morgan fingerprint density at radius 2 is 2.04 bits per heavy atom. The van der Waals surface area contributed by atoms with Crippen LogP contribution in [0.3, 0.4) is 0 Å². The first-order valence-corrected chi connectivity index (χ1v) is 9.23. The van der Waals surface area contributed by atoms with E-state index >= 15 is 0 Å². The minimum absolute atomic E-state index is 0.105. The summed E-state index contributed by atoms with van der Waals surface area (Å²) in [5, 5.41) is 7.24. The number of hydrogen-bond donors (Lipinski definition) is 1. The first-order chi connectivity index (χ1) is 13.7. The number of pyridine rings is 1. The molecule has 1 fully saturated rings. The van der Waals surface area contributed by atoms with Crippen molar-refractivity contribution in [2.24, 2.45) is 0 Å². The average molecular weight is 400 g/mol. The van der Waals surface area contributed by atoms with Gasteiger partial charge < -0.3 is 19.5 Å². The SMILES string of the molecule is O=C(NCc1ccccc1Cl)c1nc(-c2ccnc(N3CCOCC3)c2)no1. The molecule has 9 heteroatoms. The highest BCUT2D eigenvalue weighted by atomic mass is 35.5. The molecule has 0 atom stereocenters. The normalized spacial score (nSPS) is 14.1. The van der Waals surface area contributed by atoms with E-state index < -0.39 is 5.91 Å². The second kappa shape index (κ2) is 8.37. The van der Waals surface area contributed by atoms with Crippen LogP contribution in [0.4, 0.5) is 5.82 Å². The molecule has 0 spiro atoms. The lowest BCUT2D eigenvalue weighted by atomic mass is 10.2. The third-order valence-electron chi connectivity index (χ3n) is 4.36. The second-order valence-electron chi connectivity index (χ2n) is 6.20. The van der Waals surface area contributed by atoms with Crippen LogP contribution >= 0.6 is 11.6 Å². The number of aromatic nitrogens is 3. The largest absolute Gasteiger partial charge is 0.378 e. The predicted octanol–water partition coefficient (Wildman–Crippen LogP) is 2.55. The van der Waals surface area contributed by atoms with Gasteiger partial charge >= 0.3 is 11.8 Å². The fourth-order valence-electron chi connectivity index (χ4n) is 2.85. The molecule has 0 saturated carbocycles. The third kappa shape index (κ3) is 4.13. The molecule has 2 aromatic heterocycles. The summed E-state index contributed by atoms with van der Waals surface area (Å²) in [4.78, 5) is 23.0. The molecule has 4 rings (SSSR count). The molecular formula is C19H18ClN5O3. The van der Waals surface area contributed by atoms with E-state index in [1.54, 1.807) is 18.3 Å². The molecule has 0 bridgehead atoms. The smallest absolute Gasteiger partial charge is 0.316 e. The number of halogens is 1. The summed E-state index contributed by atoms with van der Waals surface area (Å²) in [5.41, 5.74) is 1.53. The molecular weight excluding hydrogens is 382 g/mol. The number of hydrogen-bond acceptors (Lipinski definition) is 7. The topological polar surface area (TPSA) is 93.4 Å². The Morgan fingerprint density at radius 1 is 1.21 bits per heavy atom. The minimum Gasteiger partial charge on any atom is -0.378 e. The highest BCUT2D eigenvalue weighted by Crippen LogP contribution is 2.21. The molecule has 0 unspecified atom stereocenters. The van der Waals surface area contributed by atoms with Crippen molar-refractivity contribution < 1.29 is 14.1 Å². The van der Waals surface area contributed by atoms with Crippen molar-refractivity contribution in [3.05, 3.63) is 59.1 Å². The highest BCUT2D eigenvalue weighted by molar-refractivity contribution is 6.31. The summed E-state index contributed by atoms with van der Waals surface area (Å²) in [5.74, 6) is 0.586. The molecule has 0 radical (unpaired) electrons. The summed E-state index contributed by atoms with van der Waals surface area (Å²) in [6.07, 6.45) is 1.69. The fourth-order valence-corrected chi connectivity index (χ4v) is 3.05. The molecule has 3 aromatic rings. The van der Waals surface area contributed by atoms with Crippen LogP contribution in [0.25, 0.3) is 11.4 Å². The number of nitrogens with one attached hydrogen (secondary N) is 1. The van der Waals surface area contributed by atoms with E-state index in [0.29, 0.717) is 24.1 Å². The Balaban J connectivity index is 1.45. The zero-order valence-electron chi connectivity index (χ0n) is 15.0. The fraction of sp³-hybridized carbons (Fsp3) is 0.263. The molecule has 0 aliphatic carbocycles. The van der Waals surface area contributed by atoms with E-state index in [9.17, 15) is 4.79 Å². The molecule has 8 nitrogen and oxygen atoms in total. The van der Waals surface area contributed by atoms with Crippen molar-refractivity contribution in [1.29, 1.82) is 0 Å². The minimum atomic E-state index is -0.457. The zero-order chi connectivity index (χ0) is 19.3. The lowest BCUT2D eigenvalue weighted by Crippen LogP contribution is -2.36. The number of benzene rings is 1. The standard InChI is InChI=1S/C19H18ClN5O3/c20-15-4-2-1-3-14(15)12-22-18(26)19-23-17(24-28-19)13-5-6-21-16(11-13)25-7-9-27-10-8-25/h1-6,11H,7-10,12H2,(H,22,26). The Morgan fingerprint density at radius 3 is 2.86 bits per heavy atom. The molecule has 144 valence electrons. The molecule has 1 aliphatic heterocycles. The van der Waals surface area contributed by atoms with Gasteiger partial charge in [-0.1, -0.05) is 35.0 Å². The molecule has 1 N–H and O–H groups in total. The van der Waals surface area contributed by atoms with Gasteiger partial charge in [0.05, 0.1) is 13.2 Å². The molecule has 1 aromatic carbocycles. The monoisotopic (exact) mass is 399 g/mol. The quantitative estimate of drug-likeness (QED) is 0.704. The summed E-state index contributed by atoms with van der Waals surface area (Å²) >= 11 is 6.10. The third-order valence-corrected chi connectivity index (χ3v) is 4.73. The van der Waals surface area contributed by atoms with Gasteiger partial charge in [-0.25, -0.2) is 4.98 Å². The number of carbonyl (C=O) groups is 1. The van der Waals surface area contributed by atoms with Crippen LogP contribution < -0.4 is 10.2 Å². The first kappa shape index (κ1) is 18.4. The van der Waals surface area contributed by atoms with Gasteiger partial charge in [-0.3, -0.25) is 4.79 Å². The van der Waals surface area contributed by atoms with Gasteiger partial charge in [0.25, 0.3) is 0 Å². The number of morpholine rings is 1. The van der Waals surface area contributed by atoms with Crippen molar-refractivity contribution in [3.63, 3.8) is 0 Å². The summed E-state index contributed by atoms with van der Waals surface area (Å²) < 4.78 is 10.5. The van der Waals surface area contributed by atoms with Crippen LogP contribution in [0.5, 0.6) is 0 Å². The van der Waals surface area contributed by atoms with Crippen LogP contribution in [0.1, 0.15) is 16.2 Å². The van der Waals surface area contributed by atoms with Crippen molar-refractivity contribution in [2.45, 2.75) is 6.54 Å². The lowest BCUT2D eigenvalue weighted by molar-refractivity contribution is 0.0907. The zero-order valence-corrected chi connectivity index (χ0v) is 15.7. The van der Waals surface area contributed by atoms with E-state index in [2.05, 4.69) is 25.3 Å². The number of nitrogens with zero attached hydrogens (tertiary/aromatic N) is 4. The van der Waals surface area contributed by atoms with Crippen LogP contribution in [-0.4, -0.2) is 47.3 Å². The highest BCUT2D eigenvalue weighted by Gasteiger charge is 2.18. The maximum atomic E-state index is 12.3. The van der Waals surface area contributed by atoms with Gasteiger partial charge in [-0.15, -0.1) is 0 Å². The van der Waals surface area contributed by atoms with Gasteiger partial charge in [-0.05, 0) is 23.8 Å². The molecule has 1 aliphatic rings. The molecule has 28 heavy (non-hydrogen) atoms. The number of ether oxygens (including phenoxy) is 1. The predicted molar refractivity (Wildman–Crippen MR) is 103 cm³/mol. The van der Waals surface area contributed by atoms with Crippen LogP contribution in [0.15, 0.2) is 47.1 Å². The van der Waals surface area contributed by atoms with Crippen LogP contribution in [0.2, 0.25) is 5.02 Å². The molecule has 3 heterocycles. The number of amides is 1. The van der Waals surface area contributed by atoms with Crippen molar-refractivity contribution in [2.75, 3.05) is 31.2 Å². The van der Waals surface area contributed by atoms with E-state index in [-0.39, 0.29) is 12.4 Å². The van der Waals surface area contributed by atoms with Crippen molar-refractivity contribution >= 4 is 23.3 Å². The van der Waals surface area contributed by atoms with Gasteiger partial charge in [0, 0.05) is 36.4 Å². The van der Waals surface area contributed by atoms with E-state index in [1.165, 1.54) is 0 Å². The number of carbonyl (C=O) groups excluding carboxylic acids is 1. The number of rotatable bonds is 5. The average Bonchev–Trinajstić information content (AvgIpc) is 3.24. The van der Waals surface area contributed by atoms with Gasteiger partial charge in [0.1, 0.15) is 5.82 Å². The lowest BCUT2D eigenvalue weighted by Gasteiger charge is -2.27. The Bertz CT molecular complexity index is 971. The van der Waals surface area contributed by atoms with Gasteiger partial charge in [0.2, 0.25) is 5.82 Å². The van der Waals surface area contributed by atoms with E-state index in [4.69, 9.17) is 20.9 Å². The molecule has 1 amide bonds. The van der Waals surface area contributed by atoms with E-state index in [1.807, 2.05) is 24.3 Å². The summed E-state index contributed by atoms with van der Waals surface area (Å²) in [6, 6.07) is 10.9. The summed E-state index contributed by atoms with van der Waals surface area (Å²) in [7, 11) is 0. The van der Waals surface area contributed by atoms with E-state index in [0.717, 1.165) is 30.0 Å². The Kier molecular flexibility index (Phi) is 5.50. The molecule has 1 saturated heterocycles. The second-order valence-corrected chi connectivity index (χ2v) is 6.61. The van der Waals surface area contributed by atoms with Gasteiger partial charge in [0.15, 0.2) is 0 Å². The first-order valence-electron chi connectivity index (χ1n) is 8.85. The van der Waals surface area contributed by atoms with Crippen LogP contribution in [0, 0.1) is 0 Å². The van der Waals surface area contributed by atoms with Crippen LogP contribution in [-0.2, 0) is 11.3 Å². The van der Waals surface area contributed by atoms with Gasteiger partial charge in [-0.2, -0.15) is 4.98 Å². The Labute approximate surface area is 166 Å².